The van der Waals surface area contributed by atoms with Crippen LogP contribution in [-0.4, -0.2) is 95.2 Å². The van der Waals surface area contributed by atoms with Gasteiger partial charge in [0.1, 0.15) is 31.4 Å². The van der Waals surface area contributed by atoms with Crippen molar-refractivity contribution < 1.29 is 56.3 Å². The van der Waals surface area contributed by atoms with Gasteiger partial charge in [0, 0.05) is 13.3 Å². The molecule has 19 heteroatoms. The van der Waals surface area contributed by atoms with Crippen LogP contribution >= 0.6 is 7.82 Å². The van der Waals surface area contributed by atoms with Gasteiger partial charge in [-0.15, -0.1) is 6.58 Å². The van der Waals surface area contributed by atoms with E-state index in [0.29, 0.717) is 11.2 Å². The highest BCUT2D eigenvalue weighted by atomic mass is 31.2. The Morgan fingerprint density at radius 1 is 1.08 bits per heavy atom. The molecule has 1 fully saturated rings. The highest BCUT2D eigenvalue weighted by Gasteiger charge is 2.42. The third-order valence-corrected chi connectivity index (χ3v) is 8.28. The minimum Gasteiger partial charge on any atom is -0.467 e. The smallest absolute Gasteiger partial charge is 0.467 e. The number of aromatic nitrogens is 4. The monoisotopic (exact) mass is 716 g/mol. The van der Waals surface area contributed by atoms with Gasteiger partial charge in [0.25, 0.3) is 0 Å². The van der Waals surface area contributed by atoms with Gasteiger partial charge in [0.15, 0.2) is 23.0 Å². The first-order valence-corrected chi connectivity index (χ1v) is 16.6. The van der Waals surface area contributed by atoms with Crippen molar-refractivity contribution in [2.24, 2.45) is 0 Å². The molecule has 0 aliphatic carbocycles. The number of hydrogen-bond acceptors (Lipinski definition) is 15. The summed E-state index contributed by atoms with van der Waals surface area (Å²) in [7, 11) is -3.39. The zero-order valence-electron chi connectivity index (χ0n) is 27.3. The molecule has 0 spiro atoms. The number of anilines is 1. The molecule has 50 heavy (non-hydrogen) atoms. The molecule has 268 valence electrons. The molecule has 1 unspecified atom stereocenters. The SMILES string of the molecule is C=CCOC(=O)N[C@@H](COP(=O)(OCC=C)OC[C@H]1O[C@@H](n2cnc3c(NC(=O)Cc4ccccc4)ncnc32)C[C@@H]1OC(C)=O)C(=O)OC. The van der Waals surface area contributed by atoms with Crippen LogP contribution in [0.2, 0.25) is 0 Å². The van der Waals surface area contributed by atoms with Crippen LogP contribution in [-0.2, 0) is 57.9 Å². The van der Waals surface area contributed by atoms with Crippen LogP contribution in [0.1, 0.15) is 25.1 Å². The van der Waals surface area contributed by atoms with E-state index in [9.17, 15) is 23.7 Å². The molecule has 3 heterocycles. The average molecular weight is 717 g/mol. The lowest BCUT2D eigenvalue weighted by atomic mass is 10.1. The number of amides is 2. The number of benzene rings is 1. The maximum Gasteiger partial charge on any atom is 0.475 e. The van der Waals surface area contributed by atoms with Gasteiger partial charge in [-0.1, -0.05) is 49.1 Å². The molecule has 0 saturated carbocycles. The zero-order valence-corrected chi connectivity index (χ0v) is 28.2. The first kappa shape index (κ1) is 37.8. The van der Waals surface area contributed by atoms with Crippen molar-refractivity contribution in [1.29, 1.82) is 0 Å². The Morgan fingerprint density at radius 2 is 1.84 bits per heavy atom. The number of phosphoric ester groups is 1. The summed E-state index contributed by atoms with van der Waals surface area (Å²) in [6, 6.07) is 7.74. The summed E-state index contributed by atoms with van der Waals surface area (Å²) in [5.41, 5.74) is 1.43. The maximum absolute atomic E-state index is 13.6. The van der Waals surface area contributed by atoms with Crippen LogP contribution in [0.25, 0.3) is 11.2 Å². The molecule has 1 aliphatic rings. The normalized spacial score (nSPS) is 18.7. The van der Waals surface area contributed by atoms with Crippen LogP contribution in [0.15, 0.2) is 68.3 Å². The summed E-state index contributed by atoms with van der Waals surface area (Å²) in [5.74, 6) is -1.65. The molecule has 5 atom stereocenters. The van der Waals surface area contributed by atoms with Gasteiger partial charge in [0.05, 0.1) is 39.7 Å². The van der Waals surface area contributed by atoms with Gasteiger partial charge >= 0.3 is 25.9 Å². The second kappa shape index (κ2) is 18.1. The molecule has 3 aromatic rings. The summed E-state index contributed by atoms with van der Waals surface area (Å²) in [5, 5.41) is 4.99. The van der Waals surface area contributed by atoms with E-state index in [1.54, 1.807) is 4.57 Å². The van der Waals surface area contributed by atoms with Gasteiger partial charge in [-0.05, 0) is 5.56 Å². The molecule has 0 bridgehead atoms. The second-order valence-electron chi connectivity index (χ2n) is 10.5. The molecular weight excluding hydrogens is 679 g/mol. The largest absolute Gasteiger partial charge is 0.475 e. The summed E-state index contributed by atoms with van der Waals surface area (Å²) < 4.78 is 52.5. The Balaban J connectivity index is 1.47. The van der Waals surface area contributed by atoms with Crippen molar-refractivity contribution in [3.63, 3.8) is 0 Å². The van der Waals surface area contributed by atoms with E-state index in [1.165, 1.54) is 31.7 Å². The molecule has 1 aromatic carbocycles. The molecule has 0 radical (unpaired) electrons. The standard InChI is InChI=1S/C31H37N6O12P/c1-5-12-44-31(41)35-22(30(40)43-4)16-46-50(42,45-13-6-2)47-17-24-23(48-20(3)38)15-26(49-24)37-19-34-27-28(32-18-33-29(27)37)36-25(39)14-21-10-8-7-9-11-21/h5-11,18-19,22-24,26H,1-2,12-17H2,3-4H3,(H,35,41)(H,32,33,36,39)/t22-,23-,24+,26+,50?/m0/s1. The van der Waals surface area contributed by atoms with E-state index in [1.807, 2.05) is 30.3 Å². The molecular formula is C31H37N6O12P. The molecule has 1 saturated heterocycles. The number of nitrogens with zero attached hydrogens (tertiary/aromatic N) is 4. The van der Waals surface area contributed by atoms with Gasteiger partial charge in [0.2, 0.25) is 5.91 Å². The Labute approximate surface area is 286 Å². The molecule has 4 rings (SSSR count). The van der Waals surface area contributed by atoms with E-state index < -0.39 is 63.5 Å². The number of esters is 2. The average Bonchev–Trinajstić information content (AvgIpc) is 3.71. The number of carbonyl (C=O) groups is 4. The van der Waals surface area contributed by atoms with E-state index in [2.05, 4.69) is 43.5 Å². The fourth-order valence-electron chi connectivity index (χ4n) is 4.69. The minimum absolute atomic E-state index is 0.110. The molecule has 2 aromatic heterocycles. The summed E-state index contributed by atoms with van der Waals surface area (Å²) in [6.45, 7) is 6.59. The summed E-state index contributed by atoms with van der Waals surface area (Å²) >= 11 is 0. The number of alkyl carbamates (subject to hydrolysis) is 1. The maximum atomic E-state index is 13.6. The van der Waals surface area contributed by atoms with Crippen molar-refractivity contribution in [3.8, 4) is 0 Å². The number of phosphoric acid groups is 1. The second-order valence-corrected chi connectivity index (χ2v) is 12.2. The number of methoxy groups -OCH3 is 1. The number of ether oxygens (including phenoxy) is 4. The third kappa shape index (κ3) is 10.5. The minimum atomic E-state index is -4.47. The van der Waals surface area contributed by atoms with Gasteiger partial charge in [-0.2, -0.15) is 0 Å². The fourth-order valence-corrected chi connectivity index (χ4v) is 5.86. The van der Waals surface area contributed by atoms with Gasteiger partial charge < -0.3 is 29.6 Å². The van der Waals surface area contributed by atoms with Crippen molar-refractivity contribution in [1.82, 2.24) is 24.8 Å². The van der Waals surface area contributed by atoms with E-state index in [0.717, 1.165) is 12.7 Å². The van der Waals surface area contributed by atoms with Crippen molar-refractivity contribution in [3.05, 3.63) is 73.9 Å². The third-order valence-electron chi connectivity index (χ3n) is 6.89. The Kier molecular flexibility index (Phi) is 13.7. The number of nitrogens with one attached hydrogen (secondary N) is 2. The first-order chi connectivity index (χ1) is 24.1. The number of hydrogen-bond donors (Lipinski definition) is 2. The van der Waals surface area contributed by atoms with Crippen molar-refractivity contribution >= 4 is 48.7 Å². The molecule has 1 aliphatic heterocycles. The number of imidazole rings is 1. The lowest BCUT2D eigenvalue weighted by Crippen LogP contribution is -2.44. The highest BCUT2D eigenvalue weighted by molar-refractivity contribution is 7.48. The molecule has 2 amide bonds. The van der Waals surface area contributed by atoms with Gasteiger partial charge in [-0.3, -0.25) is 27.7 Å². The lowest BCUT2D eigenvalue weighted by molar-refractivity contribution is -0.150. The lowest BCUT2D eigenvalue weighted by Gasteiger charge is -2.23. The quantitative estimate of drug-likeness (QED) is 0.0837. The zero-order chi connectivity index (χ0) is 36.1. The van der Waals surface area contributed by atoms with Crippen LogP contribution in [0, 0.1) is 0 Å². The van der Waals surface area contributed by atoms with Crippen LogP contribution in [0.3, 0.4) is 0 Å². The highest BCUT2D eigenvalue weighted by Crippen LogP contribution is 2.50. The van der Waals surface area contributed by atoms with Crippen LogP contribution in [0.5, 0.6) is 0 Å². The van der Waals surface area contributed by atoms with E-state index >= 15 is 0 Å². The van der Waals surface area contributed by atoms with Crippen molar-refractivity contribution in [2.45, 2.75) is 44.2 Å². The number of rotatable bonds is 18. The summed E-state index contributed by atoms with van der Waals surface area (Å²) in [4.78, 5) is 61.9. The number of carbonyl (C=O) groups excluding carboxylic acids is 4. The van der Waals surface area contributed by atoms with Gasteiger partial charge in [-0.25, -0.2) is 29.1 Å². The fraction of sp³-hybridized carbons (Fsp3) is 0.387. The van der Waals surface area contributed by atoms with E-state index in [4.69, 9.17) is 27.8 Å². The first-order valence-electron chi connectivity index (χ1n) is 15.2. The predicted octanol–water partition coefficient (Wildman–Crippen LogP) is 3.02. The molecule has 2 N–H and O–H groups in total. The topological polar surface area (TPSA) is 218 Å². The Hall–Kier alpha value is -5.00. The number of fused-ring (bicyclic) bond motifs is 1. The molecule has 18 nitrogen and oxygen atoms in total. The Bertz CT molecular complexity index is 1720. The van der Waals surface area contributed by atoms with Crippen LogP contribution < -0.4 is 10.6 Å². The summed E-state index contributed by atoms with van der Waals surface area (Å²) in [6.07, 6.45) is 1.86. The van der Waals surface area contributed by atoms with Crippen molar-refractivity contribution in [2.75, 3.05) is 38.9 Å². The predicted molar refractivity (Wildman–Crippen MR) is 174 cm³/mol. The van der Waals surface area contributed by atoms with Crippen LogP contribution in [0.4, 0.5) is 10.6 Å². The Morgan fingerprint density at radius 3 is 2.54 bits per heavy atom. The van der Waals surface area contributed by atoms with E-state index in [-0.39, 0.29) is 37.8 Å².